The molecule has 1 aliphatic rings. The van der Waals surface area contributed by atoms with Crippen LogP contribution in [-0.4, -0.2) is 35.0 Å². The van der Waals surface area contributed by atoms with Crippen molar-refractivity contribution in [3.8, 4) is 0 Å². The Morgan fingerprint density at radius 1 is 1.44 bits per heavy atom. The summed E-state index contributed by atoms with van der Waals surface area (Å²) >= 11 is 0. The van der Waals surface area contributed by atoms with E-state index < -0.39 is 24.2 Å². The van der Waals surface area contributed by atoms with Crippen molar-refractivity contribution in [2.24, 2.45) is 10.7 Å². The number of urea groups is 1. The third-order valence-electron chi connectivity index (χ3n) is 3.17. The maximum atomic E-state index is 12.1. The van der Waals surface area contributed by atoms with Gasteiger partial charge in [0, 0.05) is 13.0 Å². The second-order valence-electron chi connectivity index (χ2n) is 4.67. The second kappa shape index (κ2) is 5.16. The van der Waals surface area contributed by atoms with Crippen LogP contribution in [0.15, 0.2) is 4.99 Å². The lowest BCUT2D eigenvalue weighted by Gasteiger charge is -2.34. The number of rotatable bonds is 5. The highest BCUT2D eigenvalue weighted by molar-refractivity contribution is 6.05. The summed E-state index contributed by atoms with van der Waals surface area (Å²) in [6.07, 6.45) is -4.23. The van der Waals surface area contributed by atoms with Gasteiger partial charge >= 0.3 is 12.2 Å². The number of hydrogen-bond acceptors (Lipinski definition) is 2. The summed E-state index contributed by atoms with van der Waals surface area (Å²) < 4.78 is 36.4. The van der Waals surface area contributed by atoms with Gasteiger partial charge in [0.1, 0.15) is 5.84 Å². The van der Waals surface area contributed by atoms with Crippen molar-refractivity contribution in [3.63, 3.8) is 0 Å². The first-order chi connectivity index (χ1) is 8.20. The zero-order valence-corrected chi connectivity index (χ0v) is 10.5. The summed E-state index contributed by atoms with van der Waals surface area (Å²) in [5, 5.41) is 0. The molecule has 0 aromatic carbocycles. The smallest absolute Gasteiger partial charge is 0.385 e. The van der Waals surface area contributed by atoms with Crippen LogP contribution in [0.4, 0.5) is 18.0 Å². The largest absolute Gasteiger partial charge is 0.389 e. The lowest BCUT2D eigenvalue weighted by atomic mass is 9.92. The van der Waals surface area contributed by atoms with Gasteiger partial charge in [0.15, 0.2) is 0 Å². The fraction of sp³-hybridized carbons (Fsp3) is 0.818. The second-order valence-corrected chi connectivity index (χ2v) is 4.67. The van der Waals surface area contributed by atoms with Crippen molar-refractivity contribution in [2.45, 2.75) is 51.2 Å². The number of amides is 2. The van der Waals surface area contributed by atoms with E-state index in [-0.39, 0.29) is 18.7 Å². The molecule has 0 radical (unpaired) electrons. The molecule has 1 rings (SSSR count). The van der Waals surface area contributed by atoms with Crippen molar-refractivity contribution >= 4 is 11.9 Å². The number of hydrogen-bond donors (Lipinski definition) is 1. The summed E-state index contributed by atoms with van der Waals surface area (Å²) in [6, 6.07) is -0.455. The molecule has 0 saturated carbocycles. The highest BCUT2D eigenvalue weighted by Crippen LogP contribution is 2.31. The van der Waals surface area contributed by atoms with Gasteiger partial charge in [-0.1, -0.05) is 6.92 Å². The molecule has 0 bridgehead atoms. The molecule has 7 heteroatoms. The number of halogens is 3. The van der Waals surface area contributed by atoms with E-state index in [1.165, 1.54) is 4.90 Å². The zero-order chi connectivity index (χ0) is 14.0. The minimum atomic E-state index is -4.18. The van der Waals surface area contributed by atoms with Gasteiger partial charge in [-0.2, -0.15) is 18.2 Å². The molecule has 0 aromatic rings. The standard InChI is InChI=1S/C11H18F3N3O/c1-3-7-17-9(18)16-8(15)10(17,2)5-4-6-11(12,13)14/h3-7H2,1-2H3,(H2,15,16,18). The molecule has 104 valence electrons. The van der Waals surface area contributed by atoms with Gasteiger partial charge in [-0.3, -0.25) is 0 Å². The maximum Gasteiger partial charge on any atom is 0.389 e. The lowest BCUT2D eigenvalue weighted by Crippen LogP contribution is -2.52. The minimum Gasteiger partial charge on any atom is -0.385 e. The van der Waals surface area contributed by atoms with Crippen LogP contribution in [0.3, 0.4) is 0 Å². The van der Waals surface area contributed by atoms with E-state index in [2.05, 4.69) is 4.99 Å². The lowest BCUT2D eigenvalue weighted by molar-refractivity contribution is -0.136. The molecular formula is C11H18F3N3O. The molecule has 1 aliphatic heterocycles. The third kappa shape index (κ3) is 3.14. The Morgan fingerprint density at radius 3 is 2.56 bits per heavy atom. The van der Waals surface area contributed by atoms with Gasteiger partial charge in [-0.25, -0.2) is 4.79 Å². The van der Waals surface area contributed by atoms with Crippen molar-refractivity contribution in [1.82, 2.24) is 4.90 Å². The third-order valence-corrected chi connectivity index (χ3v) is 3.17. The van der Waals surface area contributed by atoms with Crippen LogP contribution in [0.5, 0.6) is 0 Å². The van der Waals surface area contributed by atoms with E-state index in [0.717, 1.165) is 0 Å². The molecule has 0 fully saturated rings. The Hall–Kier alpha value is -1.27. The van der Waals surface area contributed by atoms with E-state index in [1.807, 2.05) is 6.92 Å². The first-order valence-electron chi connectivity index (χ1n) is 5.93. The number of carbonyl (C=O) groups excluding carboxylic acids is 1. The molecule has 0 aliphatic carbocycles. The van der Waals surface area contributed by atoms with Gasteiger partial charge in [-0.05, 0) is 26.2 Å². The van der Waals surface area contributed by atoms with Crippen molar-refractivity contribution in [1.29, 1.82) is 0 Å². The van der Waals surface area contributed by atoms with Crippen molar-refractivity contribution in [2.75, 3.05) is 6.54 Å². The average molecular weight is 265 g/mol. The Kier molecular flexibility index (Phi) is 4.24. The number of alkyl halides is 3. The predicted molar refractivity (Wildman–Crippen MR) is 62.3 cm³/mol. The van der Waals surface area contributed by atoms with Crippen LogP contribution in [0, 0.1) is 0 Å². The number of carbonyl (C=O) groups is 1. The minimum absolute atomic E-state index is 0.0658. The van der Waals surface area contributed by atoms with Gasteiger partial charge < -0.3 is 10.6 Å². The summed E-state index contributed by atoms with van der Waals surface area (Å²) in [5.41, 5.74) is 4.80. The van der Waals surface area contributed by atoms with Crippen LogP contribution < -0.4 is 5.73 Å². The number of aliphatic imine (C=N–C) groups is 1. The van der Waals surface area contributed by atoms with Crippen LogP contribution in [0.2, 0.25) is 0 Å². The topological polar surface area (TPSA) is 58.7 Å². The molecule has 0 spiro atoms. The molecule has 1 unspecified atom stereocenters. The molecule has 18 heavy (non-hydrogen) atoms. The SMILES string of the molecule is CCCN1C(=O)N=C(N)C1(C)CCCC(F)(F)F. The molecular weight excluding hydrogens is 247 g/mol. The predicted octanol–water partition coefficient (Wildman–Crippen LogP) is 2.68. The van der Waals surface area contributed by atoms with Gasteiger partial charge in [-0.15, -0.1) is 0 Å². The van der Waals surface area contributed by atoms with E-state index in [0.29, 0.717) is 13.0 Å². The zero-order valence-electron chi connectivity index (χ0n) is 10.5. The van der Waals surface area contributed by atoms with Crippen LogP contribution >= 0.6 is 0 Å². The van der Waals surface area contributed by atoms with Gasteiger partial charge in [0.25, 0.3) is 0 Å². The molecule has 1 atom stereocenters. The summed E-state index contributed by atoms with van der Waals surface area (Å²) in [5.74, 6) is 0.114. The van der Waals surface area contributed by atoms with Gasteiger partial charge in [0.2, 0.25) is 0 Å². The molecule has 1 heterocycles. The fourth-order valence-electron chi connectivity index (χ4n) is 2.10. The summed E-state index contributed by atoms with van der Waals surface area (Å²) in [7, 11) is 0. The Balaban J connectivity index is 2.69. The Bertz CT molecular complexity index is 354. The van der Waals surface area contributed by atoms with Gasteiger partial charge in [0.05, 0.1) is 5.54 Å². The van der Waals surface area contributed by atoms with E-state index >= 15 is 0 Å². The van der Waals surface area contributed by atoms with Crippen molar-refractivity contribution in [3.05, 3.63) is 0 Å². The van der Waals surface area contributed by atoms with E-state index in [1.54, 1.807) is 6.92 Å². The molecule has 0 saturated heterocycles. The first-order valence-corrected chi connectivity index (χ1v) is 5.93. The molecule has 2 N–H and O–H groups in total. The fourth-order valence-corrected chi connectivity index (χ4v) is 2.10. The van der Waals surface area contributed by atoms with Crippen LogP contribution in [-0.2, 0) is 0 Å². The Morgan fingerprint density at radius 2 is 2.06 bits per heavy atom. The van der Waals surface area contributed by atoms with Crippen LogP contribution in [0.1, 0.15) is 39.5 Å². The van der Waals surface area contributed by atoms with E-state index in [4.69, 9.17) is 5.73 Å². The van der Waals surface area contributed by atoms with E-state index in [9.17, 15) is 18.0 Å². The normalized spacial score (nSPS) is 24.6. The maximum absolute atomic E-state index is 12.1. The monoisotopic (exact) mass is 265 g/mol. The number of nitrogens with two attached hydrogens (primary N) is 1. The van der Waals surface area contributed by atoms with Crippen molar-refractivity contribution < 1.29 is 18.0 Å². The Labute approximate surface area is 104 Å². The highest BCUT2D eigenvalue weighted by atomic mass is 19.4. The first kappa shape index (κ1) is 14.8. The number of nitrogens with zero attached hydrogens (tertiary/aromatic N) is 2. The molecule has 4 nitrogen and oxygen atoms in total. The summed E-state index contributed by atoms with van der Waals surface area (Å²) in [4.78, 5) is 16.7. The molecule has 0 aromatic heterocycles. The van der Waals surface area contributed by atoms with Crippen LogP contribution in [0.25, 0.3) is 0 Å². The number of amidine groups is 1. The summed E-state index contributed by atoms with van der Waals surface area (Å²) in [6.45, 7) is 4.01. The quantitative estimate of drug-likeness (QED) is 0.830. The highest BCUT2D eigenvalue weighted by Gasteiger charge is 2.44. The average Bonchev–Trinajstić information content (AvgIpc) is 2.41. The molecule has 2 amide bonds.